The van der Waals surface area contributed by atoms with Crippen molar-refractivity contribution >= 4 is 29.1 Å². The predicted molar refractivity (Wildman–Crippen MR) is 80.7 cm³/mol. The van der Waals surface area contributed by atoms with Crippen LogP contribution in [-0.4, -0.2) is 18.2 Å². The Morgan fingerprint density at radius 3 is 2.65 bits per heavy atom. The van der Waals surface area contributed by atoms with Crippen LogP contribution >= 0.6 is 23.4 Å². The van der Waals surface area contributed by atoms with Crippen LogP contribution in [0.15, 0.2) is 35.5 Å². The van der Waals surface area contributed by atoms with Gasteiger partial charge in [0.2, 0.25) is 0 Å². The number of benzene rings is 1. The SMILES string of the molecule is Nc1cc2c(cc1CSc1ccc(Cl)cn1)OCCO2. The molecule has 2 heterocycles. The van der Waals surface area contributed by atoms with Crippen LogP contribution in [0.5, 0.6) is 11.5 Å². The molecule has 3 rings (SSSR count). The van der Waals surface area contributed by atoms with Gasteiger partial charge >= 0.3 is 0 Å². The van der Waals surface area contributed by atoms with E-state index in [1.54, 1.807) is 18.0 Å². The Balaban J connectivity index is 1.75. The first-order chi connectivity index (χ1) is 9.72. The number of rotatable bonds is 3. The number of nitrogens with zero attached hydrogens (tertiary/aromatic N) is 1. The average Bonchev–Trinajstić information content (AvgIpc) is 2.47. The third-order valence-corrected chi connectivity index (χ3v) is 4.10. The molecule has 104 valence electrons. The largest absolute Gasteiger partial charge is 0.486 e. The van der Waals surface area contributed by atoms with Crippen LogP contribution in [0.3, 0.4) is 0 Å². The second-order valence-corrected chi connectivity index (χ2v) is 5.73. The van der Waals surface area contributed by atoms with Gasteiger partial charge in [0.1, 0.15) is 13.2 Å². The zero-order valence-corrected chi connectivity index (χ0v) is 12.2. The van der Waals surface area contributed by atoms with Crippen LogP contribution in [0.4, 0.5) is 5.69 Å². The fraction of sp³-hybridized carbons (Fsp3) is 0.214. The van der Waals surface area contributed by atoms with Gasteiger partial charge in [0.05, 0.1) is 10.0 Å². The monoisotopic (exact) mass is 308 g/mol. The van der Waals surface area contributed by atoms with Gasteiger partial charge in [-0.3, -0.25) is 0 Å². The van der Waals surface area contributed by atoms with E-state index in [0.29, 0.717) is 29.7 Å². The number of anilines is 1. The van der Waals surface area contributed by atoms with Gasteiger partial charge in [-0.25, -0.2) is 4.98 Å². The predicted octanol–water partition coefficient (Wildman–Crippen LogP) is 3.38. The third kappa shape index (κ3) is 2.94. The second kappa shape index (κ2) is 5.81. The van der Waals surface area contributed by atoms with Gasteiger partial charge < -0.3 is 15.2 Å². The van der Waals surface area contributed by atoms with Crippen molar-refractivity contribution in [2.75, 3.05) is 18.9 Å². The zero-order chi connectivity index (χ0) is 13.9. The molecule has 0 radical (unpaired) electrons. The molecule has 0 atom stereocenters. The number of hydrogen-bond donors (Lipinski definition) is 1. The lowest BCUT2D eigenvalue weighted by Crippen LogP contribution is -2.15. The van der Waals surface area contributed by atoms with Gasteiger partial charge in [-0.1, -0.05) is 11.6 Å². The van der Waals surface area contributed by atoms with Gasteiger partial charge in [0, 0.05) is 23.7 Å². The first kappa shape index (κ1) is 13.4. The molecule has 2 N–H and O–H groups in total. The molecule has 4 nitrogen and oxygen atoms in total. The molecular formula is C14H13ClN2O2S. The summed E-state index contributed by atoms with van der Waals surface area (Å²) in [5.74, 6) is 2.19. The summed E-state index contributed by atoms with van der Waals surface area (Å²) in [6.45, 7) is 1.14. The van der Waals surface area contributed by atoms with Gasteiger partial charge in [0.25, 0.3) is 0 Å². The van der Waals surface area contributed by atoms with Crippen LogP contribution in [0, 0.1) is 0 Å². The second-order valence-electron chi connectivity index (χ2n) is 4.30. The highest BCUT2D eigenvalue weighted by molar-refractivity contribution is 7.98. The van der Waals surface area contributed by atoms with E-state index in [2.05, 4.69) is 4.98 Å². The lowest BCUT2D eigenvalue weighted by atomic mass is 10.2. The van der Waals surface area contributed by atoms with Crippen molar-refractivity contribution in [2.45, 2.75) is 10.8 Å². The standard InChI is InChI=1S/C14H13ClN2O2S/c15-10-1-2-14(17-7-10)20-8-9-5-12-13(6-11(9)16)19-4-3-18-12/h1-2,5-7H,3-4,8,16H2. The van der Waals surface area contributed by atoms with Crippen molar-refractivity contribution in [1.29, 1.82) is 0 Å². The molecular weight excluding hydrogens is 296 g/mol. The number of hydrogen-bond acceptors (Lipinski definition) is 5. The molecule has 1 aromatic heterocycles. The van der Waals surface area contributed by atoms with Crippen molar-refractivity contribution in [3.8, 4) is 11.5 Å². The van der Waals surface area contributed by atoms with E-state index in [4.69, 9.17) is 26.8 Å². The summed E-state index contributed by atoms with van der Waals surface area (Å²) in [7, 11) is 0. The molecule has 0 fully saturated rings. The number of pyridine rings is 1. The van der Waals surface area contributed by atoms with E-state index in [0.717, 1.165) is 22.1 Å². The summed E-state index contributed by atoms with van der Waals surface area (Å²) in [6, 6.07) is 7.47. The fourth-order valence-electron chi connectivity index (χ4n) is 1.87. The van der Waals surface area contributed by atoms with Gasteiger partial charge in [-0.05, 0) is 23.8 Å². The first-order valence-electron chi connectivity index (χ1n) is 6.15. The molecule has 0 unspecified atom stereocenters. The van der Waals surface area contributed by atoms with Crippen molar-refractivity contribution in [3.05, 3.63) is 41.0 Å². The molecule has 1 aromatic carbocycles. The molecule has 0 saturated heterocycles. The minimum atomic E-state index is 0.565. The highest BCUT2D eigenvalue weighted by Gasteiger charge is 2.14. The zero-order valence-electron chi connectivity index (χ0n) is 10.6. The molecule has 0 aliphatic carbocycles. The Labute approximate surface area is 126 Å². The van der Waals surface area contributed by atoms with Crippen LogP contribution in [0.1, 0.15) is 5.56 Å². The maximum atomic E-state index is 6.04. The van der Waals surface area contributed by atoms with Crippen molar-refractivity contribution in [2.24, 2.45) is 0 Å². The highest BCUT2D eigenvalue weighted by Crippen LogP contribution is 2.36. The average molecular weight is 309 g/mol. The summed E-state index contributed by atoms with van der Waals surface area (Å²) >= 11 is 7.41. The number of nitrogen functional groups attached to an aromatic ring is 1. The Hall–Kier alpha value is -1.59. The number of ether oxygens (including phenoxy) is 2. The third-order valence-electron chi connectivity index (χ3n) is 2.88. The molecule has 0 amide bonds. The van der Waals surface area contributed by atoms with Gasteiger partial charge in [-0.2, -0.15) is 0 Å². The van der Waals surface area contributed by atoms with Gasteiger partial charge in [0.15, 0.2) is 11.5 Å². The topological polar surface area (TPSA) is 57.4 Å². The number of aromatic nitrogens is 1. The van der Waals surface area contributed by atoms with Crippen molar-refractivity contribution < 1.29 is 9.47 Å². The van der Waals surface area contributed by atoms with Crippen molar-refractivity contribution in [1.82, 2.24) is 4.98 Å². The molecule has 0 bridgehead atoms. The molecule has 1 aliphatic heterocycles. The number of nitrogens with two attached hydrogens (primary N) is 1. The summed E-state index contributed by atoms with van der Waals surface area (Å²) in [6.07, 6.45) is 1.64. The number of fused-ring (bicyclic) bond motifs is 1. The number of thioether (sulfide) groups is 1. The van der Waals surface area contributed by atoms with E-state index < -0.39 is 0 Å². The molecule has 1 aliphatic rings. The van der Waals surface area contributed by atoms with E-state index in [1.807, 2.05) is 24.3 Å². The highest BCUT2D eigenvalue weighted by atomic mass is 35.5. The van der Waals surface area contributed by atoms with Crippen LogP contribution in [0.25, 0.3) is 0 Å². The smallest absolute Gasteiger partial charge is 0.163 e. The summed E-state index contributed by atoms with van der Waals surface area (Å²) in [5.41, 5.74) is 7.76. The maximum absolute atomic E-state index is 6.04. The molecule has 0 saturated carbocycles. The number of halogens is 1. The van der Waals surface area contributed by atoms with E-state index in [9.17, 15) is 0 Å². The Morgan fingerprint density at radius 2 is 1.95 bits per heavy atom. The van der Waals surface area contributed by atoms with Crippen LogP contribution in [0.2, 0.25) is 5.02 Å². The first-order valence-corrected chi connectivity index (χ1v) is 7.51. The summed E-state index contributed by atoms with van der Waals surface area (Å²) in [5, 5.41) is 1.54. The minimum Gasteiger partial charge on any atom is -0.486 e. The summed E-state index contributed by atoms with van der Waals surface area (Å²) in [4.78, 5) is 4.24. The van der Waals surface area contributed by atoms with E-state index in [-0.39, 0.29) is 0 Å². The van der Waals surface area contributed by atoms with E-state index >= 15 is 0 Å². The molecule has 6 heteroatoms. The molecule has 2 aromatic rings. The lowest BCUT2D eigenvalue weighted by Gasteiger charge is -2.20. The van der Waals surface area contributed by atoms with E-state index in [1.165, 1.54) is 0 Å². The Kier molecular flexibility index (Phi) is 3.89. The van der Waals surface area contributed by atoms with Gasteiger partial charge in [-0.15, -0.1) is 11.8 Å². The maximum Gasteiger partial charge on any atom is 0.163 e. The molecule has 0 spiro atoms. The Bertz CT molecular complexity index is 619. The van der Waals surface area contributed by atoms with Crippen LogP contribution in [-0.2, 0) is 5.75 Å². The minimum absolute atomic E-state index is 0.565. The molecule has 20 heavy (non-hydrogen) atoms. The Morgan fingerprint density at radius 1 is 1.20 bits per heavy atom. The summed E-state index contributed by atoms with van der Waals surface area (Å²) < 4.78 is 11.1. The lowest BCUT2D eigenvalue weighted by molar-refractivity contribution is 0.171. The van der Waals surface area contributed by atoms with Crippen molar-refractivity contribution in [3.63, 3.8) is 0 Å². The normalized spacial score (nSPS) is 13.2. The fourth-order valence-corrected chi connectivity index (χ4v) is 2.83. The van der Waals surface area contributed by atoms with Crippen LogP contribution < -0.4 is 15.2 Å². The quantitative estimate of drug-likeness (QED) is 0.696.